The summed E-state index contributed by atoms with van der Waals surface area (Å²) in [6.45, 7) is 0. The third-order valence-electron chi connectivity index (χ3n) is 4.01. The van der Waals surface area contributed by atoms with Gasteiger partial charge in [0, 0.05) is 6.26 Å². The Balaban J connectivity index is 1.78. The second-order valence-corrected chi connectivity index (χ2v) is 7.92. The molecule has 24 heavy (non-hydrogen) atoms. The van der Waals surface area contributed by atoms with E-state index in [1.807, 2.05) is 0 Å². The predicted octanol–water partition coefficient (Wildman–Crippen LogP) is 3.04. The summed E-state index contributed by atoms with van der Waals surface area (Å²) in [7, 11) is -3.46. The Morgan fingerprint density at radius 2 is 1.83 bits per heavy atom. The van der Waals surface area contributed by atoms with E-state index in [1.54, 1.807) is 24.3 Å². The van der Waals surface area contributed by atoms with Crippen molar-refractivity contribution in [1.29, 1.82) is 0 Å². The molecule has 0 aromatic heterocycles. The minimum absolute atomic E-state index is 0.0516. The van der Waals surface area contributed by atoms with Crippen molar-refractivity contribution in [3.8, 4) is 0 Å². The lowest BCUT2D eigenvalue weighted by Gasteiger charge is -2.19. The minimum atomic E-state index is -3.46. The molecule has 1 aliphatic carbocycles. The highest BCUT2D eigenvalue weighted by Crippen LogP contribution is 2.45. The SMILES string of the molecule is CS(=O)(=O)c1ccccc1NC(=O)NC1(c2cccc(F)c2)CC1. The van der Waals surface area contributed by atoms with E-state index >= 15 is 0 Å². The summed E-state index contributed by atoms with van der Waals surface area (Å²) in [4.78, 5) is 12.3. The first-order chi connectivity index (χ1) is 11.3. The molecular formula is C17H17FN2O3S. The molecular weight excluding hydrogens is 331 g/mol. The Morgan fingerprint density at radius 1 is 1.12 bits per heavy atom. The fraction of sp³-hybridized carbons (Fsp3) is 0.235. The van der Waals surface area contributed by atoms with Crippen LogP contribution in [0.4, 0.5) is 14.9 Å². The summed E-state index contributed by atoms with van der Waals surface area (Å²) < 4.78 is 37.0. The summed E-state index contributed by atoms with van der Waals surface area (Å²) in [6.07, 6.45) is 2.50. The van der Waals surface area contributed by atoms with Crippen LogP contribution in [0.5, 0.6) is 0 Å². The van der Waals surface area contributed by atoms with Crippen molar-refractivity contribution in [2.24, 2.45) is 0 Å². The van der Waals surface area contributed by atoms with Gasteiger partial charge in [0.1, 0.15) is 5.82 Å². The smallest absolute Gasteiger partial charge is 0.319 e. The molecule has 0 unspecified atom stereocenters. The number of benzene rings is 2. The van der Waals surface area contributed by atoms with E-state index in [4.69, 9.17) is 0 Å². The normalized spacial score (nSPS) is 15.6. The maximum Gasteiger partial charge on any atom is 0.319 e. The third kappa shape index (κ3) is 3.41. The molecule has 1 fully saturated rings. The molecule has 0 bridgehead atoms. The van der Waals surface area contributed by atoms with Gasteiger partial charge in [0.2, 0.25) is 0 Å². The first-order valence-corrected chi connectivity index (χ1v) is 9.34. The number of sulfone groups is 1. The first-order valence-electron chi connectivity index (χ1n) is 7.44. The van der Waals surface area contributed by atoms with Gasteiger partial charge in [0.05, 0.1) is 16.1 Å². The van der Waals surface area contributed by atoms with Gasteiger partial charge in [-0.3, -0.25) is 0 Å². The van der Waals surface area contributed by atoms with Crippen LogP contribution in [0.2, 0.25) is 0 Å². The van der Waals surface area contributed by atoms with Crippen molar-refractivity contribution in [2.75, 3.05) is 11.6 Å². The second kappa shape index (κ2) is 5.90. The number of para-hydroxylation sites is 1. The number of rotatable bonds is 4. The van der Waals surface area contributed by atoms with E-state index in [9.17, 15) is 17.6 Å². The average molecular weight is 348 g/mol. The molecule has 7 heteroatoms. The lowest BCUT2D eigenvalue weighted by atomic mass is 10.1. The van der Waals surface area contributed by atoms with E-state index in [2.05, 4.69) is 10.6 Å². The predicted molar refractivity (Wildman–Crippen MR) is 89.0 cm³/mol. The van der Waals surface area contributed by atoms with Gasteiger partial charge in [0.15, 0.2) is 9.84 Å². The van der Waals surface area contributed by atoms with E-state index < -0.39 is 21.4 Å². The lowest BCUT2D eigenvalue weighted by molar-refractivity contribution is 0.247. The molecule has 0 radical (unpaired) electrons. The largest absolute Gasteiger partial charge is 0.328 e. The highest BCUT2D eigenvalue weighted by atomic mass is 32.2. The van der Waals surface area contributed by atoms with Crippen LogP contribution >= 0.6 is 0 Å². The first kappa shape index (κ1) is 16.4. The van der Waals surface area contributed by atoms with Crippen LogP contribution in [0.1, 0.15) is 18.4 Å². The van der Waals surface area contributed by atoms with Crippen molar-refractivity contribution >= 4 is 21.6 Å². The molecule has 2 N–H and O–H groups in total. The molecule has 2 amide bonds. The van der Waals surface area contributed by atoms with Crippen molar-refractivity contribution in [3.05, 3.63) is 59.9 Å². The molecule has 0 spiro atoms. The Labute approximate surface area is 139 Å². The number of halogens is 1. The van der Waals surface area contributed by atoms with Gasteiger partial charge in [-0.1, -0.05) is 24.3 Å². The highest BCUT2D eigenvalue weighted by molar-refractivity contribution is 7.90. The maximum atomic E-state index is 13.4. The highest BCUT2D eigenvalue weighted by Gasteiger charge is 2.46. The van der Waals surface area contributed by atoms with Crippen LogP contribution in [-0.2, 0) is 15.4 Å². The molecule has 1 aliphatic rings. The Morgan fingerprint density at radius 3 is 2.46 bits per heavy atom. The Kier molecular flexibility index (Phi) is 4.04. The number of nitrogens with one attached hydrogen (secondary N) is 2. The van der Waals surface area contributed by atoms with E-state index in [0.29, 0.717) is 18.4 Å². The van der Waals surface area contributed by atoms with Crippen LogP contribution < -0.4 is 10.6 Å². The lowest BCUT2D eigenvalue weighted by Crippen LogP contribution is -2.38. The van der Waals surface area contributed by atoms with Crippen LogP contribution in [0.25, 0.3) is 0 Å². The fourth-order valence-electron chi connectivity index (χ4n) is 2.66. The number of hydrogen-bond donors (Lipinski definition) is 2. The Bertz CT molecular complexity index is 892. The monoisotopic (exact) mass is 348 g/mol. The van der Waals surface area contributed by atoms with Crippen molar-refractivity contribution in [3.63, 3.8) is 0 Å². The van der Waals surface area contributed by atoms with Crippen molar-refractivity contribution in [2.45, 2.75) is 23.3 Å². The van der Waals surface area contributed by atoms with Crippen LogP contribution in [0, 0.1) is 5.82 Å². The molecule has 3 rings (SSSR count). The van der Waals surface area contributed by atoms with Gasteiger partial charge in [-0.15, -0.1) is 0 Å². The maximum absolute atomic E-state index is 13.4. The number of hydrogen-bond acceptors (Lipinski definition) is 3. The molecule has 0 saturated heterocycles. The van der Waals surface area contributed by atoms with Gasteiger partial charge in [-0.25, -0.2) is 17.6 Å². The average Bonchev–Trinajstić information content (AvgIpc) is 3.27. The summed E-state index contributed by atoms with van der Waals surface area (Å²) >= 11 is 0. The standard InChI is InChI=1S/C17H17FN2O3S/c1-24(22,23)15-8-3-2-7-14(15)19-16(21)20-17(9-10-17)12-5-4-6-13(18)11-12/h2-8,11H,9-10H2,1H3,(H2,19,20,21). The zero-order valence-electron chi connectivity index (χ0n) is 13.0. The third-order valence-corrected chi connectivity index (χ3v) is 5.17. The molecule has 2 aromatic rings. The molecule has 2 aromatic carbocycles. The van der Waals surface area contributed by atoms with E-state index in [0.717, 1.165) is 6.26 Å². The quantitative estimate of drug-likeness (QED) is 0.892. The molecule has 126 valence electrons. The Hall–Kier alpha value is -2.41. The van der Waals surface area contributed by atoms with E-state index in [-0.39, 0.29) is 16.4 Å². The van der Waals surface area contributed by atoms with Crippen LogP contribution in [-0.4, -0.2) is 20.7 Å². The fourth-order valence-corrected chi connectivity index (χ4v) is 3.51. The second-order valence-electron chi connectivity index (χ2n) is 5.94. The molecule has 0 heterocycles. The zero-order chi connectivity index (χ0) is 17.4. The number of amides is 2. The number of carbonyl (C=O) groups is 1. The summed E-state index contributed by atoms with van der Waals surface area (Å²) in [6, 6.07) is 11.8. The van der Waals surface area contributed by atoms with Gasteiger partial charge in [-0.2, -0.15) is 0 Å². The minimum Gasteiger partial charge on any atom is -0.328 e. The molecule has 0 atom stereocenters. The summed E-state index contributed by atoms with van der Waals surface area (Å²) in [5.74, 6) is -0.358. The van der Waals surface area contributed by atoms with Crippen LogP contribution in [0.15, 0.2) is 53.4 Å². The number of anilines is 1. The van der Waals surface area contributed by atoms with Gasteiger partial charge in [-0.05, 0) is 42.7 Å². The number of urea groups is 1. The van der Waals surface area contributed by atoms with Gasteiger partial charge >= 0.3 is 6.03 Å². The van der Waals surface area contributed by atoms with Gasteiger partial charge in [0.25, 0.3) is 0 Å². The summed E-state index contributed by atoms with van der Waals surface area (Å²) in [5, 5.41) is 5.40. The van der Waals surface area contributed by atoms with Crippen LogP contribution in [0.3, 0.4) is 0 Å². The molecule has 1 saturated carbocycles. The summed E-state index contributed by atoms with van der Waals surface area (Å²) in [5.41, 5.74) is 0.327. The number of carbonyl (C=O) groups excluding carboxylic acids is 1. The van der Waals surface area contributed by atoms with Crippen molar-refractivity contribution in [1.82, 2.24) is 5.32 Å². The molecule has 5 nitrogen and oxygen atoms in total. The molecule has 0 aliphatic heterocycles. The van der Waals surface area contributed by atoms with Crippen molar-refractivity contribution < 1.29 is 17.6 Å². The topological polar surface area (TPSA) is 75.3 Å². The zero-order valence-corrected chi connectivity index (χ0v) is 13.9. The van der Waals surface area contributed by atoms with Gasteiger partial charge < -0.3 is 10.6 Å². The van der Waals surface area contributed by atoms with E-state index in [1.165, 1.54) is 24.3 Å².